The average Bonchev–Trinajstić information content (AvgIpc) is 2.27. The molecule has 14 heavy (non-hydrogen) atoms. The first-order chi connectivity index (χ1) is 6.83. The summed E-state index contributed by atoms with van der Waals surface area (Å²) in [6, 6.07) is 16.7. The zero-order chi connectivity index (χ0) is 9.97. The van der Waals surface area contributed by atoms with Gasteiger partial charge in [-0.15, -0.1) is 0 Å². The first-order valence-electron chi connectivity index (χ1n) is 5.13. The maximum Gasteiger partial charge on any atom is 0.0829 e. The second-order valence-electron chi connectivity index (χ2n) is 3.66. The number of hydrogen-bond donors (Lipinski definition) is 0. The molecule has 0 fully saturated rings. The van der Waals surface area contributed by atoms with Crippen molar-refractivity contribution < 1.29 is 0 Å². The fourth-order valence-corrected chi connectivity index (χ4v) is 3.24. The van der Waals surface area contributed by atoms with E-state index in [2.05, 4.69) is 55.9 Å². The molecule has 0 unspecified atom stereocenters. The second kappa shape index (κ2) is 3.97. The lowest BCUT2D eigenvalue weighted by molar-refractivity contribution is 1.43. The van der Waals surface area contributed by atoms with E-state index in [1.165, 1.54) is 16.8 Å². The molecular formula is C13H15Si. The molecule has 0 spiro atoms. The highest BCUT2D eigenvalue weighted by Gasteiger charge is 2.07. The van der Waals surface area contributed by atoms with Gasteiger partial charge in [-0.25, -0.2) is 0 Å². The normalized spacial score (nSPS) is 11.1. The van der Waals surface area contributed by atoms with Crippen molar-refractivity contribution in [2.24, 2.45) is 0 Å². The molecule has 0 heterocycles. The van der Waals surface area contributed by atoms with Crippen molar-refractivity contribution in [2.45, 2.75) is 19.5 Å². The molecule has 0 atom stereocenters. The van der Waals surface area contributed by atoms with Crippen molar-refractivity contribution in [2.75, 3.05) is 0 Å². The fourth-order valence-electron chi connectivity index (χ4n) is 1.79. The van der Waals surface area contributed by atoms with Crippen LogP contribution in [0.25, 0.3) is 10.8 Å². The van der Waals surface area contributed by atoms with Gasteiger partial charge in [0, 0.05) is 0 Å². The molecule has 2 rings (SSSR count). The van der Waals surface area contributed by atoms with Gasteiger partial charge in [0.05, 0.1) is 8.80 Å². The molecular weight excluding hydrogens is 184 g/mol. The summed E-state index contributed by atoms with van der Waals surface area (Å²) in [6.45, 7) is 4.68. The monoisotopic (exact) mass is 199 g/mol. The molecule has 2 aromatic rings. The molecule has 1 radical (unpaired) electrons. The quantitative estimate of drug-likeness (QED) is 0.652. The molecule has 0 bridgehead atoms. The third-order valence-electron chi connectivity index (χ3n) is 2.78. The molecule has 0 aliphatic heterocycles. The summed E-state index contributed by atoms with van der Waals surface area (Å²) in [5.41, 5.74) is 0. The zero-order valence-electron chi connectivity index (χ0n) is 8.75. The smallest absolute Gasteiger partial charge is 0.0677 e. The molecule has 0 saturated carbocycles. The molecule has 2 aromatic carbocycles. The Bertz CT molecular complexity index is 429. The van der Waals surface area contributed by atoms with E-state index in [4.69, 9.17) is 0 Å². The van der Waals surface area contributed by atoms with Gasteiger partial charge in [-0.3, -0.25) is 0 Å². The number of fused-ring (bicyclic) bond motifs is 1. The first-order valence-corrected chi connectivity index (χ1v) is 7.34. The Morgan fingerprint density at radius 1 is 1.00 bits per heavy atom. The Balaban J connectivity index is 2.65. The van der Waals surface area contributed by atoms with Crippen LogP contribution in [0.3, 0.4) is 0 Å². The minimum atomic E-state index is -0.332. The lowest BCUT2D eigenvalue weighted by atomic mass is 10.1. The molecule has 0 aliphatic rings. The summed E-state index contributed by atoms with van der Waals surface area (Å²) in [6.07, 6.45) is 0. The van der Waals surface area contributed by atoms with Crippen LogP contribution >= 0.6 is 0 Å². The zero-order valence-corrected chi connectivity index (χ0v) is 9.75. The Morgan fingerprint density at radius 3 is 2.50 bits per heavy atom. The SMILES string of the molecule is CC[Si](C)c1cccc2ccccc12. The molecule has 0 aromatic heterocycles. The topological polar surface area (TPSA) is 0 Å². The van der Waals surface area contributed by atoms with Crippen molar-refractivity contribution in [1.29, 1.82) is 0 Å². The standard InChI is InChI=1S/C13H15Si/c1-3-14(2)13-10-6-8-11-7-4-5-9-12(11)13/h4-10H,3H2,1-2H3. The van der Waals surface area contributed by atoms with Gasteiger partial charge >= 0.3 is 0 Å². The number of rotatable bonds is 2. The van der Waals surface area contributed by atoms with Crippen LogP contribution in [0.15, 0.2) is 42.5 Å². The predicted molar refractivity (Wildman–Crippen MR) is 65.7 cm³/mol. The highest BCUT2D eigenvalue weighted by molar-refractivity contribution is 6.74. The Hall–Kier alpha value is -1.08. The van der Waals surface area contributed by atoms with Crippen molar-refractivity contribution in [3.8, 4) is 0 Å². The van der Waals surface area contributed by atoms with E-state index in [-0.39, 0.29) is 8.80 Å². The van der Waals surface area contributed by atoms with Crippen LogP contribution in [0.5, 0.6) is 0 Å². The van der Waals surface area contributed by atoms with Gasteiger partial charge in [-0.1, -0.05) is 67.2 Å². The van der Waals surface area contributed by atoms with E-state index in [9.17, 15) is 0 Å². The summed E-state index contributed by atoms with van der Waals surface area (Å²) in [5.74, 6) is 0. The largest absolute Gasteiger partial charge is 0.0829 e. The molecule has 71 valence electrons. The summed E-state index contributed by atoms with van der Waals surface area (Å²) in [7, 11) is -0.332. The van der Waals surface area contributed by atoms with Crippen LogP contribution < -0.4 is 5.19 Å². The van der Waals surface area contributed by atoms with Gasteiger partial charge in [-0.05, 0) is 10.8 Å². The van der Waals surface area contributed by atoms with Crippen LogP contribution in [0.1, 0.15) is 6.92 Å². The van der Waals surface area contributed by atoms with Crippen LogP contribution in [0, 0.1) is 0 Å². The third-order valence-corrected chi connectivity index (χ3v) is 5.20. The molecule has 0 N–H and O–H groups in total. The third kappa shape index (κ3) is 1.60. The van der Waals surface area contributed by atoms with Crippen LogP contribution in [0.2, 0.25) is 12.6 Å². The molecule has 0 nitrogen and oxygen atoms in total. The molecule has 0 aliphatic carbocycles. The Labute approximate surface area is 87.2 Å². The highest BCUT2D eigenvalue weighted by Crippen LogP contribution is 2.12. The maximum absolute atomic E-state index is 2.40. The van der Waals surface area contributed by atoms with Crippen molar-refractivity contribution in [3.05, 3.63) is 42.5 Å². The Kier molecular flexibility index (Phi) is 2.68. The van der Waals surface area contributed by atoms with E-state index in [0.717, 1.165) is 0 Å². The number of hydrogen-bond acceptors (Lipinski definition) is 0. The second-order valence-corrected chi connectivity index (χ2v) is 6.47. The molecule has 1 heteroatoms. The summed E-state index contributed by atoms with van der Waals surface area (Å²) in [5, 5.41) is 4.41. The van der Waals surface area contributed by atoms with E-state index < -0.39 is 0 Å². The maximum atomic E-state index is 2.40. The van der Waals surface area contributed by atoms with Crippen LogP contribution in [-0.4, -0.2) is 8.80 Å². The van der Waals surface area contributed by atoms with E-state index in [1.807, 2.05) is 0 Å². The van der Waals surface area contributed by atoms with E-state index in [1.54, 1.807) is 5.19 Å². The van der Waals surface area contributed by atoms with Crippen LogP contribution in [0.4, 0.5) is 0 Å². The highest BCUT2D eigenvalue weighted by atomic mass is 28.3. The first kappa shape index (κ1) is 9.47. The van der Waals surface area contributed by atoms with Gasteiger partial charge in [-0.2, -0.15) is 0 Å². The summed E-state index contributed by atoms with van der Waals surface area (Å²) in [4.78, 5) is 0. The molecule has 0 amide bonds. The lowest BCUT2D eigenvalue weighted by Crippen LogP contribution is -2.25. The number of benzene rings is 2. The lowest BCUT2D eigenvalue weighted by Gasteiger charge is -2.10. The minimum absolute atomic E-state index is 0.332. The van der Waals surface area contributed by atoms with Gasteiger partial charge in [0.1, 0.15) is 0 Å². The Morgan fingerprint density at radius 2 is 1.71 bits per heavy atom. The van der Waals surface area contributed by atoms with Gasteiger partial charge < -0.3 is 0 Å². The average molecular weight is 199 g/mol. The van der Waals surface area contributed by atoms with E-state index >= 15 is 0 Å². The fraction of sp³-hybridized carbons (Fsp3) is 0.231. The summed E-state index contributed by atoms with van der Waals surface area (Å²) >= 11 is 0. The van der Waals surface area contributed by atoms with Gasteiger partial charge in [0.15, 0.2) is 0 Å². The van der Waals surface area contributed by atoms with Crippen molar-refractivity contribution in [3.63, 3.8) is 0 Å². The van der Waals surface area contributed by atoms with Crippen molar-refractivity contribution in [1.82, 2.24) is 0 Å². The minimum Gasteiger partial charge on any atom is -0.0677 e. The van der Waals surface area contributed by atoms with Gasteiger partial charge in [0.25, 0.3) is 0 Å². The van der Waals surface area contributed by atoms with E-state index in [0.29, 0.717) is 0 Å². The van der Waals surface area contributed by atoms with Crippen molar-refractivity contribution >= 4 is 24.8 Å². The molecule has 0 saturated heterocycles. The summed E-state index contributed by atoms with van der Waals surface area (Å²) < 4.78 is 0. The van der Waals surface area contributed by atoms with Gasteiger partial charge in [0.2, 0.25) is 0 Å². The predicted octanol–water partition coefficient (Wildman–Crippen LogP) is 3.19. The van der Waals surface area contributed by atoms with Crippen LogP contribution in [-0.2, 0) is 0 Å².